The second-order valence-corrected chi connectivity index (χ2v) is 3.62. The van der Waals surface area contributed by atoms with E-state index < -0.39 is 24.0 Å². The molecule has 0 bridgehead atoms. The van der Waals surface area contributed by atoms with Crippen molar-refractivity contribution in [2.45, 2.75) is 18.7 Å². The molecule has 0 aliphatic rings. The molecule has 1 aromatic rings. The Morgan fingerprint density at radius 2 is 2.00 bits per heavy atom. The summed E-state index contributed by atoms with van der Waals surface area (Å²) < 4.78 is 40.4. The van der Waals surface area contributed by atoms with Crippen molar-refractivity contribution in [3.63, 3.8) is 0 Å². The molecule has 7 heteroatoms. The fourth-order valence-electron chi connectivity index (χ4n) is 1.57. The zero-order valence-electron chi connectivity index (χ0n) is 9.28. The summed E-state index contributed by atoms with van der Waals surface area (Å²) in [6.45, 7) is -0.0788. The van der Waals surface area contributed by atoms with Crippen molar-refractivity contribution >= 4 is 5.97 Å². The molecule has 0 fully saturated rings. The first-order valence-corrected chi connectivity index (χ1v) is 5.10. The van der Waals surface area contributed by atoms with Crippen LogP contribution in [-0.2, 0) is 4.79 Å². The summed E-state index contributed by atoms with van der Waals surface area (Å²) in [6, 6.07) is 5.39. The summed E-state index contributed by atoms with van der Waals surface area (Å²) >= 11 is 0. The van der Waals surface area contributed by atoms with Gasteiger partial charge in [-0.1, -0.05) is 18.2 Å². The Morgan fingerprint density at radius 1 is 1.39 bits per heavy atom. The largest absolute Gasteiger partial charge is 0.573 e. The molecule has 100 valence electrons. The van der Waals surface area contributed by atoms with E-state index in [9.17, 15) is 18.0 Å². The molecule has 0 saturated heterocycles. The van der Waals surface area contributed by atoms with Crippen LogP contribution in [0.15, 0.2) is 24.3 Å². The van der Waals surface area contributed by atoms with Gasteiger partial charge in [-0.25, -0.2) is 0 Å². The predicted octanol–water partition coefficient (Wildman–Crippen LogP) is 2.10. The minimum atomic E-state index is -4.82. The van der Waals surface area contributed by atoms with Crippen LogP contribution in [0.5, 0.6) is 5.75 Å². The van der Waals surface area contributed by atoms with Crippen molar-refractivity contribution in [2.75, 3.05) is 6.54 Å². The summed E-state index contributed by atoms with van der Waals surface area (Å²) in [5.41, 5.74) is 5.52. The Hall–Kier alpha value is -1.76. The van der Waals surface area contributed by atoms with Crippen molar-refractivity contribution in [3.05, 3.63) is 29.8 Å². The lowest BCUT2D eigenvalue weighted by atomic mass is 9.95. The van der Waals surface area contributed by atoms with Crippen LogP contribution >= 0.6 is 0 Å². The van der Waals surface area contributed by atoms with Crippen LogP contribution in [-0.4, -0.2) is 24.0 Å². The minimum Gasteiger partial charge on any atom is -0.481 e. The minimum absolute atomic E-state index is 0.0788. The number of hydrogen-bond donors (Lipinski definition) is 2. The first kappa shape index (κ1) is 14.3. The normalized spacial score (nSPS) is 13.1. The SMILES string of the molecule is NCC(CC(=O)O)c1ccccc1OC(F)(F)F. The van der Waals surface area contributed by atoms with E-state index in [1.807, 2.05) is 0 Å². The number of para-hydroxylation sites is 1. The molecule has 0 aromatic heterocycles. The van der Waals surface area contributed by atoms with Crippen LogP contribution in [0.4, 0.5) is 13.2 Å². The number of benzene rings is 1. The molecule has 3 N–H and O–H groups in total. The number of alkyl halides is 3. The molecule has 1 rings (SSSR count). The Kier molecular flexibility index (Phi) is 4.55. The van der Waals surface area contributed by atoms with E-state index in [1.54, 1.807) is 0 Å². The highest BCUT2D eigenvalue weighted by atomic mass is 19.4. The third kappa shape index (κ3) is 4.25. The van der Waals surface area contributed by atoms with Gasteiger partial charge in [-0.2, -0.15) is 0 Å². The number of hydrogen-bond acceptors (Lipinski definition) is 3. The Bertz CT molecular complexity index is 420. The van der Waals surface area contributed by atoms with Crippen molar-refractivity contribution < 1.29 is 27.8 Å². The van der Waals surface area contributed by atoms with Gasteiger partial charge in [-0.05, 0) is 18.2 Å². The van der Waals surface area contributed by atoms with Gasteiger partial charge in [0.1, 0.15) is 5.75 Å². The molecule has 0 heterocycles. The second-order valence-electron chi connectivity index (χ2n) is 3.62. The smallest absolute Gasteiger partial charge is 0.481 e. The molecular formula is C11H12F3NO3. The van der Waals surface area contributed by atoms with Gasteiger partial charge in [-0.15, -0.1) is 13.2 Å². The number of carboxylic acid groups (broad SMARTS) is 1. The zero-order valence-corrected chi connectivity index (χ0v) is 9.28. The zero-order chi connectivity index (χ0) is 13.8. The number of carboxylic acids is 1. The van der Waals surface area contributed by atoms with Gasteiger partial charge in [0.15, 0.2) is 0 Å². The van der Waals surface area contributed by atoms with Gasteiger partial charge in [0.2, 0.25) is 0 Å². The van der Waals surface area contributed by atoms with Gasteiger partial charge in [-0.3, -0.25) is 4.79 Å². The number of carbonyl (C=O) groups is 1. The van der Waals surface area contributed by atoms with Crippen LogP contribution < -0.4 is 10.5 Å². The van der Waals surface area contributed by atoms with E-state index in [2.05, 4.69) is 4.74 Å². The van der Waals surface area contributed by atoms with E-state index in [1.165, 1.54) is 18.2 Å². The van der Waals surface area contributed by atoms with Crippen molar-refractivity contribution in [2.24, 2.45) is 5.73 Å². The predicted molar refractivity (Wildman–Crippen MR) is 57.2 cm³/mol. The Balaban J connectivity index is 3.02. The lowest BCUT2D eigenvalue weighted by Crippen LogP contribution is -2.21. The number of aliphatic carboxylic acids is 1. The average molecular weight is 263 g/mol. The summed E-state index contributed by atoms with van der Waals surface area (Å²) in [5, 5.41) is 8.68. The molecule has 1 aromatic carbocycles. The first-order valence-electron chi connectivity index (χ1n) is 5.10. The van der Waals surface area contributed by atoms with E-state index in [0.29, 0.717) is 0 Å². The number of halogens is 3. The van der Waals surface area contributed by atoms with Crippen molar-refractivity contribution in [3.8, 4) is 5.75 Å². The fraction of sp³-hybridized carbons (Fsp3) is 0.364. The van der Waals surface area contributed by atoms with Crippen LogP contribution in [0, 0.1) is 0 Å². The first-order chi connectivity index (χ1) is 8.33. The molecule has 4 nitrogen and oxygen atoms in total. The highest BCUT2D eigenvalue weighted by Crippen LogP contribution is 2.32. The van der Waals surface area contributed by atoms with Gasteiger partial charge >= 0.3 is 12.3 Å². The quantitative estimate of drug-likeness (QED) is 0.853. The monoisotopic (exact) mass is 263 g/mol. The van der Waals surface area contributed by atoms with Crippen LogP contribution in [0.2, 0.25) is 0 Å². The molecule has 0 spiro atoms. The Labute approximate surface area is 101 Å². The molecular weight excluding hydrogens is 251 g/mol. The molecule has 0 radical (unpaired) electrons. The van der Waals surface area contributed by atoms with E-state index in [0.717, 1.165) is 6.07 Å². The highest BCUT2D eigenvalue weighted by molar-refractivity contribution is 5.68. The maximum absolute atomic E-state index is 12.2. The van der Waals surface area contributed by atoms with Gasteiger partial charge in [0.25, 0.3) is 0 Å². The van der Waals surface area contributed by atoms with Crippen LogP contribution in [0.25, 0.3) is 0 Å². The molecule has 0 aliphatic carbocycles. The fourth-order valence-corrected chi connectivity index (χ4v) is 1.57. The van der Waals surface area contributed by atoms with Crippen molar-refractivity contribution in [1.29, 1.82) is 0 Å². The number of nitrogens with two attached hydrogens (primary N) is 1. The lowest BCUT2D eigenvalue weighted by Gasteiger charge is -2.18. The summed E-state index contributed by atoms with van der Waals surface area (Å²) in [5.74, 6) is -2.27. The summed E-state index contributed by atoms with van der Waals surface area (Å²) in [7, 11) is 0. The molecule has 0 amide bonds. The van der Waals surface area contributed by atoms with Gasteiger partial charge < -0.3 is 15.6 Å². The molecule has 1 unspecified atom stereocenters. The topological polar surface area (TPSA) is 72.6 Å². The van der Waals surface area contributed by atoms with E-state index in [-0.39, 0.29) is 18.5 Å². The number of ether oxygens (including phenoxy) is 1. The number of rotatable bonds is 5. The van der Waals surface area contributed by atoms with E-state index in [4.69, 9.17) is 10.8 Å². The summed E-state index contributed by atoms with van der Waals surface area (Å²) in [4.78, 5) is 10.6. The molecule has 18 heavy (non-hydrogen) atoms. The lowest BCUT2D eigenvalue weighted by molar-refractivity contribution is -0.275. The Morgan fingerprint density at radius 3 is 2.50 bits per heavy atom. The van der Waals surface area contributed by atoms with Crippen LogP contribution in [0.1, 0.15) is 17.9 Å². The molecule has 0 aliphatic heterocycles. The van der Waals surface area contributed by atoms with E-state index >= 15 is 0 Å². The maximum Gasteiger partial charge on any atom is 0.573 e. The van der Waals surface area contributed by atoms with Gasteiger partial charge in [0.05, 0.1) is 6.42 Å². The standard InChI is InChI=1S/C11H12F3NO3/c12-11(13,14)18-9-4-2-1-3-8(9)7(6-15)5-10(16)17/h1-4,7H,5-6,15H2,(H,16,17). The van der Waals surface area contributed by atoms with Gasteiger partial charge in [0, 0.05) is 5.92 Å². The van der Waals surface area contributed by atoms with Crippen LogP contribution in [0.3, 0.4) is 0 Å². The van der Waals surface area contributed by atoms with Crippen molar-refractivity contribution in [1.82, 2.24) is 0 Å². The third-order valence-electron chi connectivity index (χ3n) is 2.29. The highest BCUT2D eigenvalue weighted by Gasteiger charge is 2.33. The second kappa shape index (κ2) is 5.72. The third-order valence-corrected chi connectivity index (χ3v) is 2.29. The maximum atomic E-state index is 12.2. The summed E-state index contributed by atoms with van der Waals surface area (Å²) in [6.07, 6.45) is -5.17. The average Bonchev–Trinajstić information content (AvgIpc) is 2.24. The molecule has 1 atom stereocenters. The molecule has 0 saturated carbocycles.